The van der Waals surface area contributed by atoms with Gasteiger partial charge in [-0.25, -0.2) is 22.0 Å². The molecule has 1 aliphatic rings. The maximum absolute atomic E-state index is 15.1. The molecule has 13 heteroatoms. The normalized spacial score (nSPS) is 17.3. The number of aryl methyl sites for hydroxylation is 1. The highest BCUT2D eigenvalue weighted by Gasteiger charge is 2.37. The van der Waals surface area contributed by atoms with E-state index in [9.17, 15) is 18.3 Å². The molecule has 1 aromatic heterocycles. The molecule has 0 unspecified atom stereocenters. The number of rotatable bonds is 9. The third kappa shape index (κ3) is 5.23. The zero-order valence-electron chi connectivity index (χ0n) is 20.9. The van der Waals surface area contributed by atoms with Gasteiger partial charge in [0.05, 0.1) is 20.8 Å². The van der Waals surface area contributed by atoms with Gasteiger partial charge in [0.1, 0.15) is 35.0 Å². The van der Waals surface area contributed by atoms with Crippen LogP contribution >= 0.6 is 0 Å². The van der Waals surface area contributed by atoms with Crippen molar-refractivity contribution in [3.05, 3.63) is 65.5 Å². The van der Waals surface area contributed by atoms with Crippen molar-refractivity contribution >= 4 is 16.1 Å². The lowest BCUT2D eigenvalue weighted by Crippen LogP contribution is -2.36. The molecule has 1 saturated carbocycles. The molecule has 38 heavy (non-hydrogen) atoms. The molecule has 1 heterocycles. The van der Waals surface area contributed by atoms with Crippen molar-refractivity contribution in [3.8, 4) is 17.2 Å². The first kappa shape index (κ1) is 27.2. The first-order valence-corrected chi connectivity index (χ1v) is 13.1. The number of hydrogen-bond donors (Lipinski definition) is 1. The number of carboxylic acid groups (broad SMARTS) is 1. The van der Waals surface area contributed by atoms with E-state index in [1.165, 1.54) is 32.4 Å². The fourth-order valence-electron chi connectivity index (χ4n) is 4.68. The largest absolute Gasteiger partial charge is 0.497 e. The number of ether oxygens (including phenoxy) is 3. The zero-order valence-corrected chi connectivity index (χ0v) is 21.7. The van der Waals surface area contributed by atoms with Crippen LogP contribution in [0.4, 0.5) is 13.6 Å². The Morgan fingerprint density at radius 1 is 1.11 bits per heavy atom. The molecule has 2 aromatic carbocycles. The third-order valence-corrected chi connectivity index (χ3v) is 8.29. The summed E-state index contributed by atoms with van der Waals surface area (Å²) in [7, 11) is -0.661. The second kappa shape index (κ2) is 10.9. The van der Waals surface area contributed by atoms with Gasteiger partial charge < -0.3 is 19.3 Å². The van der Waals surface area contributed by atoms with Gasteiger partial charge in [-0.2, -0.15) is 9.40 Å². The van der Waals surface area contributed by atoms with E-state index >= 15 is 8.78 Å². The number of sulfonamides is 1. The van der Waals surface area contributed by atoms with Gasteiger partial charge in [-0.1, -0.05) is 0 Å². The quantitative estimate of drug-likeness (QED) is 0.418. The Morgan fingerprint density at radius 3 is 2.39 bits per heavy atom. The van der Waals surface area contributed by atoms with Crippen LogP contribution in [0, 0.1) is 11.6 Å². The van der Waals surface area contributed by atoms with Crippen LogP contribution in [0.2, 0.25) is 0 Å². The van der Waals surface area contributed by atoms with Crippen molar-refractivity contribution in [1.29, 1.82) is 0 Å². The molecule has 4 rings (SSSR count). The maximum Gasteiger partial charge on any atom is 0.421 e. The highest BCUT2D eigenvalue weighted by atomic mass is 32.2. The summed E-state index contributed by atoms with van der Waals surface area (Å²) in [6.07, 6.45) is 1.59. The molecular weight excluding hydrogens is 524 g/mol. The molecule has 0 aliphatic heterocycles. The summed E-state index contributed by atoms with van der Waals surface area (Å²) in [6, 6.07) is 7.65. The van der Waals surface area contributed by atoms with Gasteiger partial charge in [0.2, 0.25) is 0 Å². The van der Waals surface area contributed by atoms with Crippen molar-refractivity contribution in [3.63, 3.8) is 0 Å². The summed E-state index contributed by atoms with van der Waals surface area (Å²) in [6.45, 7) is -0.754. The van der Waals surface area contributed by atoms with Crippen LogP contribution in [-0.2, 0) is 23.6 Å². The topological polar surface area (TPSA) is 120 Å². The van der Waals surface area contributed by atoms with Crippen LogP contribution in [-0.4, -0.2) is 54.0 Å². The summed E-state index contributed by atoms with van der Waals surface area (Å²) in [4.78, 5) is 10.6. The second-order valence-corrected chi connectivity index (χ2v) is 10.6. The first-order chi connectivity index (χ1) is 18.1. The molecule has 2 atom stereocenters. The summed E-state index contributed by atoms with van der Waals surface area (Å²) >= 11 is 0. The van der Waals surface area contributed by atoms with E-state index in [1.54, 1.807) is 17.9 Å². The number of halogens is 2. The van der Waals surface area contributed by atoms with Gasteiger partial charge in [0.15, 0.2) is 4.90 Å². The number of hydrogen-bond acceptors (Lipinski definition) is 7. The molecule has 10 nitrogen and oxygen atoms in total. The van der Waals surface area contributed by atoms with E-state index in [1.807, 2.05) is 6.07 Å². The molecule has 1 N–H and O–H groups in total. The zero-order chi connectivity index (χ0) is 27.6. The molecule has 1 fully saturated rings. The fourth-order valence-corrected chi connectivity index (χ4v) is 6.03. The van der Waals surface area contributed by atoms with Gasteiger partial charge in [-0.3, -0.25) is 4.68 Å². The number of amides is 1. The van der Waals surface area contributed by atoms with E-state index in [4.69, 9.17) is 14.2 Å². The Hall–Kier alpha value is -3.87. The summed E-state index contributed by atoms with van der Waals surface area (Å²) < 4.78 is 74.5. The number of methoxy groups -OCH3 is 2. The van der Waals surface area contributed by atoms with Crippen LogP contribution in [0.1, 0.15) is 36.4 Å². The van der Waals surface area contributed by atoms with Crippen molar-refractivity contribution in [1.82, 2.24) is 14.1 Å². The Labute approximate surface area is 218 Å². The maximum atomic E-state index is 15.1. The van der Waals surface area contributed by atoms with E-state index < -0.39 is 45.3 Å². The van der Waals surface area contributed by atoms with Crippen molar-refractivity contribution < 1.29 is 41.3 Å². The van der Waals surface area contributed by atoms with Gasteiger partial charge in [-0.15, -0.1) is 0 Å². The number of nitrogens with zero attached hydrogens (tertiary/aromatic N) is 3. The van der Waals surface area contributed by atoms with Gasteiger partial charge in [-0.05, 0) is 37.5 Å². The van der Waals surface area contributed by atoms with Crippen molar-refractivity contribution in [2.24, 2.45) is 7.05 Å². The van der Waals surface area contributed by atoms with Crippen LogP contribution in [0.5, 0.6) is 17.2 Å². The minimum atomic E-state index is -5.17. The van der Waals surface area contributed by atoms with Crippen molar-refractivity contribution in [2.45, 2.75) is 42.7 Å². The average Bonchev–Trinajstić information content (AvgIpc) is 3.49. The summed E-state index contributed by atoms with van der Waals surface area (Å²) in [5, 5.41) is 13.8. The van der Waals surface area contributed by atoms with E-state index in [0.717, 1.165) is 30.7 Å². The summed E-state index contributed by atoms with van der Waals surface area (Å²) in [5.41, 5.74) is 1.06. The predicted octanol–water partition coefficient (Wildman–Crippen LogP) is 4.30. The molecule has 1 aliphatic carbocycles. The van der Waals surface area contributed by atoms with E-state index in [0.29, 0.717) is 12.2 Å². The average molecular weight is 552 g/mol. The molecule has 204 valence electrons. The first-order valence-electron chi connectivity index (χ1n) is 11.7. The molecular formula is C25H27F2N3O7S. The van der Waals surface area contributed by atoms with Gasteiger partial charge >= 0.3 is 6.09 Å². The molecule has 0 spiro atoms. The highest BCUT2D eigenvalue weighted by Crippen LogP contribution is 2.38. The van der Waals surface area contributed by atoms with E-state index in [-0.39, 0.29) is 27.3 Å². The fraction of sp³-hybridized carbons (Fsp3) is 0.360. The lowest BCUT2D eigenvalue weighted by atomic mass is 10.0. The van der Waals surface area contributed by atoms with Crippen LogP contribution in [0.15, 0.2) is 47.5 Å². The number of carbonyl (C=O) groups is 1. The van der Waals surface area contributed by atoms with Crippen molar-refractivity contribution in [2.75, 3.05) is 14.2 Å². The Morgan fingerprint density at radius 2 is 1.82 bits per heavy atom. The lowest BCUT2D eigenvalue weighted by Gasteiger charge is -2.23. The Bertz CT molecular complexity index is 1420. The Balaban J connectivity index is 1.63. The molecule has 3 aromatic rings. The molecule has 1 amide bonds. The van der Waals surface area contributed by atoms with E-state index in [2.05, 4.69) is 5.10 Å². The number of benzene rings is 2. The smallest absolute Gasteiger partial charge is 0.421 e. The van der Waals surface area contributed by atoms with Crippen LogP contribution in [0.3, 0.4) is 0 Å². The second-order valence-electron chi connectivity index (χ2n) is 8.76. The van der Waals surface area contributed by atoms with Crippen LogP contribution < -0.4 is 14.2 Å². The third-order valence-electron chi connectivity index (χ3n) is 6.52. The van der Waals surface area contributed by atoms with Crippen LogP contribution in [0.25, 0.3) is 0 Å². The lowest BCUT2D eigenvalue weighted by molar-refractivity contribution is 0.170. The summed E-state index contributed by atoms with van der Waals surface area (Å²) in [5.74, 6) is -2.67. The molecule has 0 saturated heterocycles. The monoisotopic (exact) mass is 551 g/mol. The molecule has 0 radical (unpaired) electrons. The minimum absolute atomic E-state index is 0.0469. The SMILES string of the molecule is COc1ccc(CN(C(=O)O)S(=O)(=O)c2c(F)cc(O[C@H]3CCC[C@@H]3c3ccnn3C)cc2F)c(OC)c1. The minimum Gasteiger partial charge on any atom is -0.497 e. The van der Waals surface area contributed by atoms with Gasteiger partial charge in [0.25, 0.3) is 10.0 Å². The standard InChI is InChI=1S/C25H27F2N3O7S/c1-29-21(9-10-28-29)18-5-4-6-22(18)37-17-11-19(26)24(20(27)12-17)38(33,34)30(25(31)32)14-15-7-8-16(35-2)13-23(15)36-3/h7-13,18,22H,4-6,14H2,1-3H3,(H,31,32)/t18-,22+/m1/s1. The number of aromatic nitrogens is 2. The highest BCUT2D eigenvalue weighted by molar-refractivity contribution is 7.89. The van der Waals surface area contributed by atoms with Gasteiger partial charge in [0, 0.05) is 48.6 Å². The predicted molar refractivity (Wildman–Crippen MR) is 131 cm³/mol. The molecule has 0 bridgehead atoms. The Kier molecular flexibility index (Phi) is 7.76.